The SMILES string of the molecule is CN(C)[C@H](C#N)c1ccc2c(c1)OCO2. The quantitative estimate of drug-likeness (QED) is 0.733. The maximum Gasteiger partial charge on any atom is 0.231 e. The second-order valence-corrected chi connectivity index (χ2v) is 3.61. The number of hydrogen-bond donors (Lipinski definition) is 0. The predicted octanol–water partition coefficient (Wildman–Crippen LogP) is 1.54. The van der Waals surface area contributed by atoms with E-state index in [-0.39, 0.29) is 12.8 Å². The maximum atomic E-state index is 9.03. The van der Waals surface area contributed by atoms with E-state index in [4.69, 9.17) is 14.7 Å². The maximum absolute atomic E-state index is 9.03. The molecule has 1 atom stereocenters. The highest BCUT2D eigenvalue weighted by Crippen LogP contribution is 2.34. The van der Waals surface area contributed by atoms with Crippen LogP contribution in [0.5, 0.6) is 11.5 Å². The first-order valence-corrected chi connectivity index (χ1v) is 4.68. The van der Waals surface area contributed by atoms with E-state index in [2.05, 4.69) is 6.07 Å². The first-order valence-electron chi connectivity index (χ1n) is 4.68. The highest BCUT2D eigenvalue weighted by molar-refractivity contribution is 5.46. The number of hydrogen-bond acceptors (Lipinski definition) is 4. The second-order valence-electron chi connectivity index (χ2n) is 3.61. The summed E-state index contributed by atoms with van der Waals surface area (Å²) in [4.78, 5) is 1.86. The Morgan fingerprint density at radius 2 is 2.07 bits per heavy atom. The molecule has 1 aromatic rings. The molecule has 0 aromatic heterocycles. The van der Waals surface area contributed by atoms with Crippen molar-refractivity contribution in [2.75, 3.05) is 20.9 Å². The van der Waals surface area contributed by atoms with Gasteiger partial charge < -0.3 is 9.47 Å². The molecule has 0 saturated heterocycles. The lowest BCUT2D eigenvalue weighted by molar-refractivity contribution is 0.174. The number of nitrogens with zero attached hydrogens (tertiary/aromatic N) is 2. The van der Waals surface area contributed by atoms with Crippen LogP contribution in [0, 0.1) is 11.3 Å². The topological polar surface area (TPSA) is 45.5 Å². The Morgan fingerprint density at radius 3 is 2.73 bits per heavy atom. The van der Waals surface area contributed by atoms with E-state index in [1.807, 2.05) is 37.2 Å². The smallest absolute Gasteiger partial charge is 0.231 e. The number of ether oxygens (including phenoxy) is 2. The number of fused-ring (bicyclic) bond motifs is 1. The monoisotopic (exact) mass is 204 g/mol. The van der Waals surface area contributed by atoms with Gasteiger partial charge in [-0.1, -0.05) is 6.07 Å². The molecule has 1 aliphatic heterocycles. The molecule has 1 aliphatic rings. The van der Waals surface area contributed by atoms with Gasteiger partial charge in [0.25, 0.3) is 0 Å². The molecule has 1 aromatic carbocycles. The van der Waals surface area contributed by atoms with E-state index in [1.165, 1.54) is 0 Å². The van der Waals surface area contributed by atoms with Crippen LogP contribution in [0.25, 0.3) is 0 Å². The van der Waals surface area contributed by atoms with Crippen LogP contribution in [0.1, 0.15) is 11.6 Å². The van der Waals surface area contributed by atoms with E-state index in [9.17, 15) is 0 Å². The Morgan fingerprint density at radius 1 is 1.33 bits per heavy atom. The predicted molar refractivity (Wildman–Crippen MR) is 54.6 cm³/mol. The molecule has 0 N–H and O–H groups in total. The molecule has 0 fully saturated rings. The third-order valence-electron chi connectivity index (χ3n) is 2.35. The average molecular weight is 204 g/mol. The summed E-state index contributed by atoms with van der Waals surface area (Å²) in [7, 11) is 3.75. The van der Waals surface area contributed by atoms with Gasteiger partial charge in [-0.2, -0.15) is 5.26 Å². The van der Waals surface area contributed by atoms with Gasteiger partial charge in [-0.3, -0.25) is 4.90 Å². The minimum atomic E-state index is -0.250. The molecule has 4 nitrogen and oxygen atoms in total. The minimum Gasteiger partial charge on any atom is -0.454 e. The standard InChI is InChI=1S/C11H12N2O2/c1-13(2)9(6-12)8-3-4-10-11(5-8)15-7-14-10/h3-5,9H,7H2,1-2H3/t9-/m1/s1. The van der Waals surface area contributed by atoms with Crippen LogP contribution in [0.2, 0.25) is 0 Å². The van der Waals surface area contributed by atoms with Gasteiger partial charge in [0.1, 0.15) is 6.04 Å². The van der Waals surface area contributed by atoms with Gasteiger partial charge in [0.05, 0.1) is 6.07 Å². The molecule has 0 unspecified atom stereocenters. The fraction of sp³-hybridized carbons (Fsp3) is 0.364. The molecule has 0 saturated carbocycles. The molecule has 1 heterocycles. The third-order valence-corrected chi connectivity index (χ3v) is 2.35. The van der Waals surface area contributed by atoms with Gasteiger partial charge in [0.15, 0.2) is 11.5 Å². The Hall–Kier alpha value is -1.73. The van der Waals surface area contributed by atoms with Gasteiger partial charge in [-0.15, -0.1) is 0 Å². The lowest BCUT2D eigenvalue weighted by atomic mass is 10.1. The highest BCUT2D eigenvalue weighted by Gasteiger charge is 2.18. The average Bonchev–Trinajstić information content (AvgIpc) is 2.65. The van der Waals surface area contributed by atoms with Gasteiger partial charge in [-0.25, -0.2) is 0 Å². The van der Waals surface area contributed by atoms with E-state index in [1.54, 1.807) is 0 Å². The van der Waals surface area contributed by atoms with Crippen molar-refractivity contribution < 1.29 is 9.47 Å². The van der Waals surface area contributed by atoms with Crippen molar-refractivity contribution in [3.8, 4) is 17.6 Å². The van der Waals surface area contributed by atoms with Crippen LogP contribution in [-0.2, 0) is 0 Å². The summed E-state index contributed by atoms with van der Waals surface area (Å²) in [5.74, 6) is 1.46. The first kappa shape index (κ1) is 9.81. The third kappa shape index (κ3) is 1.74. The van der Waals surface area contributed by atoms with E-state index in [0.29, 0.717) is 0 Å². The zero-order chi connectivity index (χ0) is 10.8. The molecule has 0 radical (unpaired) electrons. The molecule has 2 rings (SSSR count). The number of nitriles is 1. The van der Waals surface area contributed by atoms with E-state index >= 15 is 0 Å². The number of benzene rings is 1. The lowest BCUT2D eigenvalue weighted by Crippen LogP contribution is -2.18. The summed E-state index contributed by atoms with van der Waals surface area (Å²) < 4.78 is 10.5. The van der Waals surface area contributed by atoms with Crippen LogP contribution in [-0.4, -0.2) is 25.8 Å². The molecule has 15 heavy (non-hydrogen) atoms. The second kappa shape index (κ2) is 3.79. The van der Waals surface area contributed by atoms with Crippen molar-refractivity contribution in [1.82, 2.24) is 4.90 Å². The number of rotatable bonds is 2. The van der Waals surface area contributed by atoms with Gasteiger partial charge in [-0.05, 0) is 31.8 Å². The van der Waals surface area contributed by atoms with Crippen molar-refractivity contribution in [2.45, 2.75) is 6.04 Å². The van der Waals surface area contributed by atoms with Crippen LogP contribution in [0.15, 0.2) is 18.2 Å². The molecule has 4 heteroatoms. The summed E-state index contributed by atoms with van der Waals surface area (Å²) in [6.07, 6.45) is 0. The summed E-state index contributed by atoms with van der Waals surface area (Å²) in [5.41, 5.74) is 0.923. The fourth-order valence-corrected chi connectivity index (χ4v) is 1.57. The van der Waals surface area contributed by atoms with Crippen LogP contribution >= 0.6 is 0 Å². The van der Waals surface area contributed by atoms with Crippen molar-refractivity contribution in [3.05, 3.63) is 23.8 Å². The molecule has 0 bridgehead atoms. The van der Waals surface area contributed by atoms with Crippen molar-refractivity contribution >= 4 is 0 Å². The normalized spacial score (nSPS) is 15.1. The molecule has 78 valence electrons. The van der Waals surface area contributed by atoms with Crippen molar-refractivity contribution in [3.63, 3.8) is 0 Å². The van der Waals surface area contributed by atoms with Gasteiger partial charge in [0, 0.05) is 0 Å². The minimum absolute atomic E-state index is 0.250. The fourth-order valence-electron chi connectivity index (χ4n) is 1.57. The Balaban J connectivity index is 2.34. The zero-order valence-electron chi connectivity index (χ0n) is 8.73. The van der Waals surface area contributed by atoms with Crippen molar-refractivity contribution in [1.29, 1.82) is 5.26 Å². The molecule has 0 aliphatic carbocycles. The Bertz CT molecular complexity index is 410. The zero-order valence-corrected chi connectivity index (χ0v) is 8.73. The largest absolute Gasteiger partial charge is 0.454 e. The summed E-state index contributed by atoms with van der Waals surface area (Å²) >= 11 is 0. The van der Waals surface area contributed by atoms with Crippen LogP contribution in [0.3, 0.4) is 0 Å². The molecule has 0 amide bonds. The molecular weight excluding hydrogens is 192 g/mol. The summed E-state index contributed by atoms with van der Waals surface area (Å²) in [6.45, 7) is 0.262. The van der Waals surface area contributed by atoms with Crippen LogP contribution in [0.4, 0.5) is 0 Å². The van der Waals surface area contributed by atoms with E-state index in [0.717, 1.165) is 17.1 Å². The van der Waals surface area contributed by atoms with Gasteiger partial charge >= 0.3 is 0 Å². The van der Waals surface area contributed by atoms with E-state index < -0.39 is 0 Å². The first-order chi connectivity index (χ1) is 7.22. The van der Waals surface area contributed by atoms with Crippen LogP contribution < -0.4 is 9.47 Å². The van der Waals surface area contributed by atoms with Crippen molar-refractivity contribution in [2.24, 2.45) is 0 Å². The Labute approximate surface area is 88.6 Å². The summed E-state index contributed by atoms with van der Waals surface area (Å²) in [5, 5.41) is 9.03. The lowest BCUT2D eigenvalue weighted by Gasteiger charge is -2.17. The Kier molecular flexibility index (Phi) is 2.48. The van der Waals surface area contributed by atoms with Gasteiger partial charge in [0.2, 0.25) is 6.79 Å². The highest BCUT2D eigenvalue weighted by atomic mass is 16.7. The molecule has 0 spiro atoms. The summed E-state index contributed by atoms with van der Waals surface area (Å²) in [6, 6.07) is 7.57. The molecular formula is C11H12N2O2.